The van der Waals surface area contributed by atoms with Gasteiger partial charge in [-0.15, -0.1) is 0 Å². The van der Waals surface area contributed by atoms with E-state index in [1.165, 1.54) is 4.90 Å². The van der Waals surface area contributed by atoms with Crippen LogP contribution in [0.1, 0.15) is 24.9 Å². The summed E-state index contributed by atoms with van der Waals surface area (Å²) in [6, 6.07) is 9.88. The molecular formula is C17H27N2O3+. The highest BCUT2D eigenvalue weighted by molar-refractivity contribution is 5.81. The van der Waals surface area contributed by atoms with Crippen molar-refractivity contribution in [1.29, 1.82) is 0 Å². The highest BCUT2D eigenvalue weighted by Gasteiger charge is 2.32. The summed E-state index contributed by atoms with van der Waals surface area (Å²) in [4.78, 5) is 13.9. The molecule has 22 heavy (non-hydrogen) atoms. The molecule has 1 unspecified atom stereocenters. The minimum absolute atomic E-state index is 0.0969. The number of carbonyl (C=O) groups is 1. The van der Waals surface area contributed by atoms with E-state index in [0.29, 0.717) is 13.2 Å². The Morgan fingerprint density at radius 1 is 1.32 bits per heavy atom. The van der Waals surface area contributed by atoms with Gasteiger partial charge in [-0.05, 0) is 13.3 Å². The lowest BCUT2D eigenvalue weighted by molar-refractivity contribution is -0.929. The van der Waals surface area contributed by atoms with E-state index in [-0.39, 0.29) is 11.9 Å². The van der Waals surface area contributed by atoms with Gasteiger partial charge in [-0.2, -0.15) is 0 Å². The van der Waals surface area contributed by atoms with Crippen LogP contribution in [0.4, 0.5) is 0 Å². The second-order valence-electron chi connectivity index (χ2n) is 5.46. The minimum atomic E-state index is -0.155. The van der Waals surface area contributed by atoms with Crippen molar-refractivity contribution in [3.63, 3.8) is 0 Å². The second-order valence-corrected chi connectivity index (χ2v) is 5.46. The van der Waals surface area contributed by atoms with E-state index < -0.39 is 0 Å². The number of rotatable bonds is 8. The van der Waals surface area contributed by atoms with E-state index >= 15 is 0 Å². The van der Waals surface area contributed by atoms with E-state index in [0.717, 1.165) is 44.9 Å². The predicted octanol–water partition coefficient (Wildman–Crippen LogP) is 0.186. The van der Waals surface area contributed by atoms with Crippen LogP contribution in [-0.2, 0) is 14.3 Å². The molecule has 122 valence electrons. The zero-order valence-corrected chi connectivity index (χ0v) is 13.3. The zero-order valence-electron chi connectivity index (χ0n) is 13.3. The Bertz CT molecular complexity index is 433. The molecule has 0 aliphatic carbocycles. The first kappa shape index (κ1) is 16.9. The van der Waals surface area contributed by atoms with Gasteiger partial charge in [0, 0.05) is 25.3 Å². The van der Waals surface area contributed by atoms with Crippen molar-refractivity contribution in [3.8, 4) is 0 Å². The molecule has 0 saturated carbocycles. The Morgan fingerprint density at radius 2 is 2.05 bits per heavy atom. The quantitative estimate of drug-likeness (QED) is 0.674. The number of quaternary nitrogens is 1. The lowest BCUT2D eigenvalue weighted by Gasteiger charge is -2.30. The number of amides is 1. The molecule has 0 radical (unpaired) electrons. The van der Waals surface area contributed by atoms with Gasteiger partial charge in [0.15, 0.2) is 6.04 Å². The van der Waals surface area contributed by atoms with E-state index in [1.807, 2.05) is 37.3 Å². The first-order valence-electron chi connectivity index (χ1n) is 8.15. The zero-order chi connectivity index (χ0) is 15.6. The molecule has 1 amide bonds. The maximum atomic E-state index is 12.7. The summed E-state index contributed by atoms with van der Waals surface area (Å²) in [6.07, 6.45) is 0.847. The molecule has 2 N–H and O–H groups in total. The van der Waals surface area contributed by atoms with Crippen LogP contribution in [0.2, 0.25) is 0 Å². The highest BCUT2D eigenvalue weighted by atomic mass is 16.5. The van der Waals surface area contributed by atoms with Crippen molar-refractivity contribution >= 4 is 5.91 Å². The van der Waals surface area contributed by atoms with Crippen molar-refractivity contribution in [3.05, 3.63) is 35.9 Å². The molecule has 1 atom stereocenters. The fourth-order valence-corrected chi connectivity index (χ4v) is 2.77. The molecule has 1 saturated heterocycles. The number of nitrogens with one attached hydrogen (secondary N) is 2. The Labute approximate surface area is 132 Å². The first-order chi connectivity index (χ1) is 10.8. The standard InChI is InChI=1S/C17H26N2O3/c1-2-21-12-6-9-18-17(20)16(15-7-4-3-5-8-15)19-10-13-22-14-11-19/h3-5,7-8,16H,2,6,9-14H2,1H3,(H,18,20)/p+1. The molecule has 5 heteroatoms. The number of benzene rings is 1. The Hall–Kier alpha value is -1.43. The van der Waals surface area contributed by atoms with Gasteiger partial charge in [0.2, 0.25) is 0 Å². The van der Waals surface area contributed by atoms with Gasteiger partial charge >= 0.3 is 0 Å². The number of morpholine rings is 1. The van der Waals surface area contributed by atoms with Gasteiger partial charge in [-0.3, -0.25) is 4.79 Å². The minimum Gasteiger partial charge on any atom is -0.382 e. The average molecular weight is 307 g/mol. The summed E-state index contributed by atoms with van der Waals surface area (Å²) >= 11 is 0. The van der Waals surface area contributed by atoms with Crippen molar-refractivity contribution in [2.75, 3.05) is 46.1 Å². The van der Waals surface area contributed by atoms with Crippen molar-refractivity contribution in [2.24, 2.45) is 0 Å². The summed E-state index contributed by atoms with van der Waals surface area (Å²) in [5.74, 6) is 0.0969. The number of carbonyl (C=O) groups excluding carboxylic acids is 1. The predicted molar refractivity (Wildman–Crippen MR) is 84.8 cm³/mol. The van der Waals surface area contributed by atoms with Crippen LogP contribution < -0.4 is 10.2 Å². The largest absolute Gasteiger partial charge is 0.382 e. The Kier molecular flexibility index (Phi) is 7.36. The molecule has 0 spiro atoms. The SMILES string of the molecule is CCOCCCNC(=O)C(c1ccccc1)[NH+]1CCOCC1. The lowest BCUT2D eigenvalue weighted by atomic mass is 10.0. The maximum Gasteiger partial charge on any atom is 0.283 e. The van der Waals surface area contributed by atoms with Crippen LogP contribution >= 0.6 is 0 Å². The Balaban J connectivity index is 1.96. The van der Waals surface area contributed by atoms with Crippen LogP contribution in [0, 0.1) is 0 Å². The van der Waals surface area contributed by atoms with Gasteiger partial charge in [-0.1, -0.05) is 30.3 Å². The maximum absolute atomic E-state index is 12.7. The van der Waals surface area contributed by atoms with Crippen LogP contribution in [0.25, 0.3) is 0 Å². The molecule has 1 aromatic carbocycles. The van der Waals surface area contributed by atoms with Crippen molar-refractivity contribution in [1.82, 2.24) is 5.32 Å². The topological polar surface area (TPSA) is 52.0 Å². The third-order valence-corrected chi connectivity index (χ3v) is 3.91. The smallest absolute Gasteiger partial charge is 0.283 e. The van der Waals surface area contributed by atoms with Crippen molar-refractivity contribution < 1.29 is 19.2 Å². The number of ether oxygens (including phenoxy) is 2. The van der Waals surface area contributed by atoms with E-state index in [9.17, 15) is 4.79 Å². The fourth-order valence-electron chi connectivity index (χ4n) is 2.77. The monoisotopic (exact) mass is 307 g/mol. The van der Waals surface area contributed by atoms with Gasteiger partial charge in [0.05, 0.1) is 13.2 Å². The molecular weight excluding hydrogens is 280 g/mol. The molecule has 2 rings (SSSR count). The van der Waals surface area contributed by atoms with Crippen LogP contribution in [0.3, 0.4) is 0 Å². The van der Waals surface area contributed by atoms with Crippen molar-refractivity contribution in [2.45, 2.75) is 19.4 Å². The molecule has 1 fully saturated rings. The van der Waals surface area contributed by atoms with Crippen LogP contribution in [0.15, 0.2) is 30.3 Å². The van der Waals surface area contributed by atoms with Gasteiger partial charge < -0.3 is 19.7 Å². The molecule has 1 heterocycles. The summed E-state index contributed by atoms with van der Waals surface area (Å²) in [6.45, 7) is 7.22. The molecule has 1 aromatic rings. The summed E-state index contributed by atoms with van der Waals surface area (Å²) in [5, 5.41) is 3.06. The number of hydrogen-bond donors (Lipinski definition) is 2. The molecule has 0 aromatic heterocycles. The molecule has 1 aliphatic rings. The van der Waals surface area contributed by atoms with Crippen LogP contribution in [-0.4, -0.2) is 52.0 Å². The van der Waals surface area contributed by atoms with E-state index in [1.54, 1.807) is 0 Å². The third kappa shape index (κ3) is 5.09. The number of hydrogen-bond acceptors (Lipinski definition) is 3. The average Bonchev–Trinajstić information content (AvgIpc) is 2.57. The summed E-state index contributed by atoms with van der Waals surface area (Å²) in [7, 11) is 0. The van der Waals surface area contributed by atoms with E-state index in [2.05, 4.69) is 5.32 Å². The van der Waals surface area contributed by atoms with Gasteiger partial charge in [-0.25, -0.2) is 0 Å². The molecule has 0 bridgehead atoms. The van der Waals surface area contributed by atoms with E-state index in [4.69, 9.17) is 9.47 Å². The Morgan fingerprint density at radius 3 is 2.73 bits per heavy atom. The van der Waals surface area contributed by atoms with Crippen LogP contribution in [0.5, 0.6) is 0 Å². The lowest BCUT2D eigenvalue weighted by Crippen LogP contribution is -3.15. The third-order valence-electron chi connectivity index (χ3n) is 3.91. The van der Waals surface area contributed by atoms with Gasteiger partial charge in [0.25, 0.3) is 5.91 Å². The molecule has 5 nitrogen and oxygen atoms in total. The second kappa shape index (κ2) is 9.56. The first-order valence-corrected chi connectivity index (χ1v) is 8.15. The normalized spacial score (nSPS) is 17.1. The summed E-state index contributed by atoms with van der Waals surface area (Å²) < 4.78 is 10.7. The summed E-state index contributed by atoms with van der Waals surface area (Å²) in [5.41, 5.74) is 1.07. The fraction of sp³-hybridized carbons (Fsp3) is 0.588. The van der Waals surface area contributed by atoms with Gasteiger partial charge in [0.1, 0.15) is 13.1 Å². The molecule has 1 aliphatic heterocycles. The highest BCUT2D eigenvalue weighted by Crippen LogP contribution is 2.10.